The first-order valence-corrected chi connectivity index (χ1v) is 8.69. The molecule has 0 fully saturated rings. The fourth-order valence-corrected chi connectivity index (χ4v) is 4.04. The van der Waals surface area contributed by atoms with Gasteiger partial charge in [-0.3, -0.25) is 9.20 Å². The van der Waals surface area contributed by atoms with Crippen LogP contribution >= 0.6 is 23.1 Å². The number of carbonyl (C=O) groups is 1. The SMILES string of the molecule is Cc1sc2nc(C(C)C)n3c(SCC(=O)O)nnc3c2c1C. The highest BCUT2D eigenvalue weighted by atomic mass is 32.2. The quantitative estimate of drug-likeness (QED) is 0.737. The summed E-state index contributed by atoms with van der Waals surface area (Å²) in [4.78, 5) is 17.8. The Morgan fingerprint density at radius 2 is 2.09 bits per heavy atom. The Morgan fingerprint density at radius 3 is 2.73 bits per heavy atom. The lowest BCUT2D eigenvalue weighted by atomic mass is 10.2. The predicted octanol–water partition coefficient (Wildman–Crippen LogP) is 3.26. The standard InChI is InChI=1S/C14H16N4O2S2/c1-6(2)11-15-13-10(7(3)8(4)22-13)12-16-17-14(18(11)12)21-5-9(19)20/h6H,5H2,1-4H3,(H,19,20). The lowest BCUT2D eigenvalue weighted by Gasteiger charge is -2.10. The maximum Gasteiger partial charge on any atom is 0.313 e. The molecule has 22 heavy (non-hydrogen) atoms. The number of rotatable bonds is 4. The molecule has 116 valence electrons. The van der Waals surface area contributed by atoms with Crippen LogP contribution in [0.4, 0.5) is 0 Å². The number of thiophene rings is 1. The summed E-state index contributed by atoms with van der Waals surface area (Å²) in [5.41, 5.74) is 1.93. The molecule has 0 saturated carbocycles. The summed E-state index contributed by atoms with van der Waals surface area (Å²) >= 11 is 2.83. The van der Waals surface area contributed by atoms with Crippen molar-refractivity contribution in [2.24, 2.45) is 0 Å². The molecule has 3 aromatic heterocycles. The minimum Gasteiger partial charge on any atom is -0.481 e. The van der Waals surface area contributed by atoms with Gasteiger partial charge in [-0.25, -0.2) is 4.98 Å². The zero-order valence-electron chi connectivity index (χ0n) is 12.7. The van der Waals surface area contributed by atoms with Crippen molar-refractivity contribution in [3.63, 3.8) is 0 Å². The van der Waals surface area contributed by atoms with Crippen LogP contribution in [0, 0.1) is 13.8 Å². The summed E-state index contributed by atoms with van der Waals surface area (Å²) in [5, 5.41) is 19.0. The summed E-state index contributed by atoms with van der Waals surface area (Å²) < 4.78 is 1.90. The molecule has 1 N–H and O–H groups in total. The van der Waals surface area contributed by atoms with E-state index in [2.05, 4.69) is 37.9 Å². The molecule has 0 aliphatic rings. The molecule has 0 unspecified atom stereocenters. The molecule has 0 saturated heterocycles. The van der Waals surface area contributed by atoms with E-state index in [0.717, 1.165) is 27.3 Å². The third-order valence-corrected chi connectivity index (χ3v) is 5.52. The van der Waals surface area contributed by atoms with Gasteiger partial charge < -0.3 is 5.11 Å². The Hall–Kier alpha value is -1.67. The van der Waals surface area contributed by atoms with Crippen LogP contribution in [-0.4, -0.2) is 36.4 Å². The molecule has 0 amide bonds. The first kappa shape index (κ1) is 15.2. The van der Waals surface area contributed by atoms with Crippen molar-refractivity contribution in [1.82, 2.24) is 19.6 Å². The Morgan fingerprint density at radius 1 is 1.36 bits per heavy atom. The van der Waals surface area contributed by atoms with Crippen molar-refractivity contribution in [2.75, 3.05) is 5.75 Å². The average molecular weight is 336 g/mol. The van der Waals surface area contributed by atoms with Crippen molar-refractivity contribution in [3.05, 3.63) is 16.3 Å². The molecule has 3 rings (SSSR count). The van der Waals surface area contributed by atoms with Gasteiger partial charge in [0.05, 0.1) is 11.1 Å². The molecule has 0 atom stereocenters. The van der Waals surface area contributed by atoms with Crippen LogP contribution in [0.1, 0.15) is 36.0 Å². The second kappa shape index (κ2) is 5.51. The van der Waals surface area contributed by atoms with Crippen molar-refractivity contribution < 1.29 is 9.90 Å². The number of hydrogen-bond acceptors (Lipinski definition) is 6. The molecule has 0 radical (unpaired) electrons. The Kier molecular flexibility index (Phi) is 3.82. The van der Waals surface area contributed by atoms with Crippen molar-refractivity contribution in [3.8, 4) is 0 Å². The highest BCUT2D eigenvalue weighted by Gasteiger charge is 2.21. The molecule has 0 bridgehead atoms. The molecule has 3 aromatic rings. The molecule has 0 aliphatic heterocycles. The summed E-state index contributed by atoms with van der Waals surface area (Å²) in [5.74, 6) is 0.138. The van der Waals surface area contributed by atoms with Crippen LogP contribution in [0.2, 0.25) is 0 Å². The number of aliphatic carboxylic acids is 1. The van der Waals surface area contributed by atoms with E-state index in [-0.39, 0.29) is 11.7 Å². The van der Waals surface area contributed by atoms with E-state index in [0.29, 0.717) is 5.16 Å². The van der Waals surface area contributed by atoms with Crippen LogP contribution in [0.3, 0.4) is 0 Å². The van der Waals surface area contributed by atoms with E-state index in [4.69, 9.17) is 10.1 Å². The van der Waals surface area contributed by atoms with Gasteiger partial charge in [0.1, 0.15) is 10.7 Å². The van der Waals surface area contributed by atoms with Gasteiger partial charge in [-0.1, -0.05) is 25.6 Å². The summed E-state index contributed by atoms with van der Waals surface area (Å²) in [7, 11) is 0. The van der Waals surface area contributed by atoms with Crippen LogP contribution < -0.4 is 0 Å². The minimum atomic E-state index is -0.871. The molecule has 8 heteroatoms. The smallest absolute Gasteiger partial charge is 0.313 e. The maximum atomic E-state index is 10.8. The summed E-state index contributed by atoms with van der Waals surface area (Å²) in [6.07, 6.45) is 0. The maximum absolute atomic E-state index is 10.8. The average Bonchev–Trinajstić information content (AvgIpc) is 2.97. The van der Waals surface area contributed by atoms with Gasteiger partial charge >= 0.3 is 5.97 Å². The number of aromatic nitrogens is 4. The first-order valence-electron chi connectivity index (χ1n) is 6.89. The van der Waals surface area contributed by atoms with E-state index in [9.17, 15) is 4.79 Å². The summed E-state index contributed by atoms with van der Waals surface area (Å²) in [6, 6.07) is 0. The molecule has 6 nitrogen and oxygen atoms in total. The predicted molar refractivity (Wildman–Crippen MR) is 88.1 cm³/mol. The van der Waals surface area contributed by atoms with Crippen LogP contribution in [-0.2, 0) is 4.79 Å². The molecule has 0 aliphatic carbocycles. The van der Waals surface area contributed by atoms with Gasteiger partial charge in [0.15, 0.2) is 10.8 Å². The Bertz CT molecular complexity index is 882. The van der Waals surface area contributed by atoms with Crippen molar-refractivity contribution in [1.29, 1.82) is 0 Å². The number of thioether (sulfide) groups is 1. The van der Waals surface area contributed by atoms with E-state index < -0.39 is 5.97 Å². The van der Waals surface area contributed by atoms with Crippen LogP contribution in [0.25, 0.3) is 15.9 Å². The second-order valence-electron chi connectivity index (χ2n) is 5.41. The van der Waals surface area contributed by atoms with Gasteiger partial charge in [-0.15, -0.1) is 21.5 Å². The van der Waals surface area contributed by atoms with E-state index in [1.807, 2.05) is 4.40 Å². The lowest BCUT2D eigenvalue weighted by molar-refractivity contribution is -0.133. The molecular formula is C14H16N4O2S2. The molecule has 3 heterocycles. The molecular weight excluding hydrogens is 320 g/mol. The van der Waals surface area contributed by atoms with Gasteiger partial charge in [-0.05, 0) is 19.4 Å². The highest BCUT2D eigenvalue weighted by Crippen LogP contribution is 2.34. The Labute approximate surface area is 135 Å². The fourth-order valence-electron chi connectivity index (χ4n) is 2.35. The van der Waals surface area contributed by atoms with Gasteiger partial charge in [0, 0.05) is 10.8 Å². The third-order valence-electron chi connectivity index (χ3n) is 3.51. The van der Waals surface area contributed by atoms with Gasteiger partial charge in [-0.2, -0.15) is 0 Å². The largest absolute Gasteiger partial charge is 0.481 e. The third kappa shape index (κ3) is 2.36. The number of fused-ring (bicyclic) bond motifs is 3. The lowest BCUT2D eigenvalue weighted by Crippen LogP contribution is -2.06. The topological polar surface area (TPSA) is 80.4 Å². The number of carboxylic acids is 1. The number of nitrogens with zero attached hydrogens (tertiary/aromatic N) is 4. The van der Waals surface area contributed by atoms with Crippen molar-refractivity contribution in [2.45, 2.75) is 38.8 Å². The number of aryl methyl sites for hydroxylation is 2. The van der Waals surface area contributed by atoms with E-state index >= 15 is 0 Å². The second-order valence-corrected chi connectivity index (χ2v) is 7.56. The first-order chi connectivity index (χ1) is 10.4. The zero-order chi connectivity index (χ0) is 16.0. The summed E-state index contributed by atoms with van der Waals surface area (Å²) in [6.45, 7) is 8.26. The Balaban J connectivity index is 2.32. The highest BCUT2D eigenvalue weighted by molar-refractivity contribution is 7.99. The number of carboxylic acid groups (broad SMARTS) is 1. The van der Waals surface area contributed by atoms with E-state index in [1.165, 1.54) is 16.6 Å². The molecule has 0 spiro atoms. The monoisotopic (exact) mass is 336 g/mol. The number of hydrogen-bond donors (Lipinski definition) is 1. The van der Waals surface area contributed by atoms with E-state index in [1.54, 1.807) is 11.3 Å². The fraction of sp³-hybridized carbons (Fsp3) is 0.429. The van der Waals surface area contributed by atoms with Crippen LogP contribution in [0.15, 0.2) is 5.16 Å². The zero-order valence-corrected chi connectivity index (χ0v) is 14.4. The van der Waals surface area contributed by atoms with Gasteiger partial charge in [0.2, 0.25) is 0 Å². The van der Waals surface area contributed by atoms with Gasteiger partial charge in [0.25, 0.3) is 0 Å². The minimum absolute atomic E-state index is 0.0436. The normalized spacial score (nSPS) is 11.9. The van der Waals surface area contributed by atoms with Crippen LogP contribution in [0.5, 0.6) is 0 Å². The van der Waals surface area contributed by atoms with Crippen molar-refractivity contribution >= 4 is 44.9 Å². The molecule has 0 aromatic carbocycles.